The van der Waals surface area contributed by atoms with Gasteiger partial charge in [0.1, 0.15) is 5.65 Å². The van der Waals surface area contributed by atoms with Crippen LogP contribution in [0, 0.1) is 0 Å². The van der Waals surface area contributed by atoms with E-state index < -0.39 is 0 Å². The van der Waals surface area contributed by atoms with Gasteiger partial charge in [0.15, 0.2) is 0 Å². The highest BCUT2D eigenvalue weighted by molar-refractivity contribution is 6.16. The van der Waals surface area contributed by atoms with Crippen molar-refractivity contribution in [3.8, 4) is 11.1 Å². The number of aromatic nitrogens is 3. The Morgan fingerprint density at radius 3 is 2.73 bits per heavy atom. The summed E-state index contributed by atoms with van der Waals surface area (Å²) in [6.07, 6.45) is 9.53. The number of carbonyl (C=O) groups excluding carboxylic acids is 1. The van der Waals surface area contributed by atoms with Gasteiger partial charge >= 0.3 is 0 Å². The number of H-pyrrole nitrogens is 1. The average molecular weight is 393 g/mol. The third-order valence-electron chi connectivity index (χ3n) is 5.13. The van der Waals surface area contributed by atoms with E-state index in [-0.39, 0.29) is 5.91 Å². The first-order valence-electron chi connectivity index (χ1n) is 9.74. The second-order valence-electron chi connectivity index (χ2n) is 7.06. The number of hydrogen-bond acceptors (Lipinski definition) is 4. The van der Waals surface area contributed by atoms with Crippen molar-refractivity contribution in [2.45, 2.75) is 6.54 Å². The number of pyridine rings is 2. The van der Waals surface area contributed by atoms with E-state index in [1.807, 2.05) is 61.1 Å². The van der Waals surface area contributed by atoms with Gasteiger partial charge in [0.2, 0.25) is 0 Å². The van der Waals surface area contributed by atoms with Crippen molar-refractivity contribution in [2.75, 3.05) is 6.54 Å². The molecular formula is C24H19N5O. The Morgan fingerprint density at radius 1 is 1.07 bits per heavy atom. The SMILES string of the molecule is O=C(NCc1ccccn1)c1ccc(-c2cnc3[nH]cc(C4=CCN=C4)c3c2)cc1. The molecule has 6 nitrogen and oxygen atoms in total. The summed E-state index contributed by atoms with van der Waals surface area (Å²) in [7, 11) is 0. The quantitative estimate of drug-likeness (QED) is 0.537. The van der Waals surface area contributed by atoms with Crippen molar-refractivity contribution >= 4 is 28.7 Å². The van der Waals surface area contributed by atoms with E-state index in [9.17, 15) is 4.79 Å². The first kappa shape index (κ1) is 18.0. The molecule has 4 heterocycles. The number of fused-ring (bicyclic) bond motifs is 1. The monoisotopic (exact) mass is 393 g/mol. The standard InChI is InChI=1S/C24H19N5O/c30-24(29-14-20-3-1-2-9-26-20)17-6-4-16(5-7-17)19-11-21-22(18-8-10-25-12-18)15-28-23(21)27-13-19/h1-9,11-13,15H,10,14H2,(H,27,28)(H,29,30). The van der Waals surface area contributed by atoms with Crippen molar-refractivity contribution in [3.63, 3.8) is 0 Å². The number of rotatable bonds is 5. The summed E-state index contributed by atoms with van der Waals surface area (Å²) in [5, 5.41) is 3.96. The van der Waals surface area contributed by atoms with Crippen LogP contribution in [0.5, 0.6) is 0 Å². The number of aromatic amines is 1. The molecule has 0 spiro atoms. The van der Waals surface area contributed by atoms with Crippen LogP contribution in [0.2, 0.25) is 0 Å². The lowest BCUT2D eigenvalue weighted by Gasteiger charge is -2.07. The van der Waals surface area contributed by atoms with Crippen LogP contribution >= 0.6 is 0 Å². The number of hydrogen-bond donors (Lipinski definition) is 2. The van der Waals surface area contributed by atoms with Crippen molar-refractivity contribution in [1.82, 2.24) is 20.3 Å². The molecule has 1 amide bonds. The molecule has 0 fully saturated rings. The minimum Gasteiger partial charge on any atom is -0.346 e. The Morgan fingerprint density at radius 2 is 1.97 bits per heavy atom. The van der Waals surface area contributed by atoms with Gasteiger partial charge in [-0.15, -0.1) is 0 Å². The van der Waals surface area contributed by atoms with Crippen LogP contribution in [0.15, 0.2) is 78.2 Å². The molecule has 0 saturated carbocycles. The molecule has 0 atom stereocenters. The van der Waals surface area contributed by atoms with Crippen LogP contribution in [0.3, 0.4) is 0 Å². The van der Waals surface area contributed by atoms with Crippen LogP contribution in [-0.4, -0.2) is 33.6 Å². The number of carbonyl (C=O) groups is 1. The van der Waals surface area contributed by atoms with E-state index in [1.165, 1.54) is 0 Å². The molecule has 0 aliphatic carbocycles. The number of benzene rings is 1. The van der Waals surface area contributed by atoms with Gasteiger partial charge in [0, 0.05) is 46.9 Å². The molecule has 1 aliphatic rings. The topological polar surface area (TPSA) is 83.0 Å². The molecule has 0 bridgehead atoms. The largest absolute Gasteiger partial charge is 0.346 e. The van der Waals surface area contributed by atoms with Gasteiger partial charge in [-0.05, 0) is 41.5 Å². The first-order valence-corrected chi connectivity index (χ1v) is 9.74. The second-order valence-corrected chi connectivity index (χ2v) is 7.06. The Labute approximate surface area is 173 Å². The fourth-order valence-corrected chi connectivity index (χ4v) is 3.52. The van der Waals surface area contributed by atoms with Crippen LogP contribution in [0.1, 0.15) is 21.6 Å². The summed E-state index contributed by atoms with van der Waals surface area (Å²) in [4.78, 5) is 28.7. The summed E-state index contributed by atoms with van der Waals surface area (Å²) in [5.41, 5.74) is 6.50. The van der Waals surface area contributed by atoms with Crippen molar-refractivity contribution in [3.05, 3.63) is 90.0 Å². The lowest BCUT2D eigenvalue weighted by atomic mass is 10.0. The van der Waals surface area contributed by atoms with Gasteiger partial charge < -0.3 is 10.3 Å². The number of nitrogens with zero attached hydrogens (tertiary/aromatic N) is 3. The van der Waals surface area contributed by atoms with Crippen molar-refractivity contribution < 1.29 is 4.79 Å². The maximum Gasteiger partial charge on any atom is 0.251 e. The molecular weight excluding hydrogens is 374 g/mol. The summed E-state index contributed by atoms with van der Waals surface area (Å²) < 4.78 is 0. The van der Waals surface area contributed by atoms with Gasteiger partial charge in [-0.1, -0.05) is 24.3 Å². The van der Waals surface area contributed by atoms with Crippen LogP contribution in [0.25, 0.3) is 27.7 Å². The summed E-state index contributed by atoms with van der Waals surface area (Å²) >= 11 is 0. The second kappa shape index (κ2) is 7.75. The Balaban J connectivity index is 1.36. The van der Waals surface area contributed by atoms with E-state index in [2.05, 4.69) is 37.4 Å². The van der Waals surface area contributed by atoms with E-state index in [0.717, 1.165) is 45.5 Å². The molecule has 3 aromatic heterocycles. The van der Waals surface area contributed by atoms with Crippen LogP contribution in [0.4, 0.5) is 0 Å². The highest BCUT2D eigenvalue weighted by atomic mass is 16.1. The van der Waals surface area contributed by atoms with Crippen LogP contribution < -0.4 is 5.32 Å². The Kier molecular flexibility index (Phi) is 4.65. The summed E-state index contributed by atoms with van der Waals surface area (Å²) in [6, 6.07) is 15.3. The lowest BCUT2D eigenvalue weighted by molar-refractivity contribution is 0.0950. The van der Waals surface area contributed by atoms with Gasteiger partial charge in [-0.3, -0.25) is 14.8 Å². The van der Waals surface area contributed by atoms with Gasteiger partial charge in [0.25, 0.3) is 5.91 Å². The molecule has 6 heteroatoms. The molecule has 0 unspecified atom stereocenters. The Bertz CT molecular complexity index is 1270. The molecule has 1 aromatic carbocycles. The van der Waals surface area contributed by atoms with Crippen molar-refractivity contribution in [2.24, 2.45) is 4.99 Å². The predicted octanol–water partition coefficient (Wildman–Crippen LogP) is 4.02. The lowest BCUT2D eigenvalue weighted by Crippen LogP contribution is -2.23. The van der Waals surface area contributed by atoms with E-state index in [4.69, 9.17) is 0 Å². The fourth-order valence-electron chi connectivity index (χ4n) is 3.52. The zero-order chi connectivity index (χ0) is 20.3. The molecule has 30 heavy (non-hydrogen) atoms. The van der Waals surface area contributed by atoms with Crippen LogP contribution in [-0.2, 0) is 6.54 Å². The average Bonchev–Trinajstić information content (AvgIpc) is 3.47. The number of allylic oxidation sites excluding steroid dienone is 1. The Hall–Kier alpha value is -4.06. The fraction of sp³-hybridized carbons (Fsp3) is 0.0833. The maximum atomic E-state index is 12.4. The molecule has 5 rings (SSSR count). The highest BCUT2D eigenvalue weighted by Crippen LogP contribution is 2.29. The third kappa shape index (κ3) is 3.51. The number of aliphatic imine (C=N–C) groups is 1. The number of nitrogens with one attached hydrogen (secondary N) is 2. The van der Waals surface area contributed by atoms with E-state index >= 15 is 0 Å². The molecule has 1 aliphatic heterocycles. The zero-order valence-corrected chi connectivity index (χ0v) is 16.2. The molecule has 0 saturated heterocycles. The first-order chi connectivity index (χ1) is 14.8. The maximum absolute atomic E-state index is 12.4. The molecule has 0 radical (unpaired) electrons. The molecule has 2 N–H and O–H groups in total. The predicted molar refractivity (Wildman–Crippen MR) is 118 cm³/mol. The highest BCUT2D eigenvalue weighted by Gasteiger charge is 2.12. The zero-order valence-electron chi connectivity index (χ0n) is 16.2. The molecule has 4 aromatic rings. The minimum atomic E-state index is -0.124. The molecule has 146 valence electrons. The van der Waals surface area contributed by atoms with E-state index in [0.29, 0.717) is 12.1 Å². The smallest absolute Gasteiger partial charge is 0.251 e. The van der Waals surface area contributed by atoms with Gasteiger partial charge in [0.05, 0.1) is 18.8 Å². The normalized spacial score (nSPS) is 12.9. The summed E-state index contributed by atoms with van der Waals surface area (Å²) in [5.74, 6) is -0.124. The minimum absolute atomic E-state index is 0.124. The third-order valence-corrected chi connectivity index (χ3v) is 5.13. The van der Waals surface area contributed by atoms with Gasteiger partial charge in [-0.2, -0.15) is 0 Å². The number of amides is 1. The van der Waals surface area contributed by atoms with E-state index in [1.54, 1.807) is 6.20 Å². The summed E-state index contributed by atoms with van der Waals surface area (Å²) in [6.45, 7) is 1.12. The van der Waals surface area contributed by atoms with Gasteiger partial charge in [-0.25, -0.2) is 4.98 Å². The van der Waals surface area contributed by atoms with Crippen molar-refractivity contribution in [1.29, 1.82) is 0 Å².